The molecule has 122 valence electrons. The number of hydrogen-bond acceptors (Lipinski definition) is 5. The number of carboxylic acid groups (broad SMARTS) is 1. The van der Waals surface area contributed by atoms with Crippen LogP contribution in [0, 0.1) is 13.8 Å². The summed E-state index contributed by atoms with van der Waals surface area (Å²) in [6.45, 7) is 2.85. The van der Waals surface area contributed by atoms with Gasteiger partial charge in [-0.25, -0.2) is 4.79 Å². The summed E-state index contributed by atoms with van der Waals surface area (Å²) in [5.74, 6) is -1.26. The van der Waals surface area contributed by atoms with Gasteiger partial charge in [-0.1, -0.05) is 0 Å². The summed E-state index contributed by atoms with van der Waals surface area (Å²) in [6.07, 6.45) is 0. The molecule has 1 aromatic rings. The van der Waals surface area contributed by atoms with Gasteiger partial charge in [-0.3, -0.25) is 9.35 Å². The molecule has 2 amide bonds. The van der Waals surface area contributed by atoms with Crippen LogP contribution in [0.4, 0.5) is 10.5 Å². The molecule has 1 aromatic carbocycles. The number of nitrogens with two attached hydrogens (primary N) is 1. The average Bonchev–Trinajstić information content (AvgIpc) is 2.38. The number of benzene rings is 1. The van der Waals surface area contributed by atoms with E-state index in [4.69, 9.17) is 15.4 Å². The molecule has 0 heterocycles. The highest BCUT2D eigenvalue weighted by atomic mass is 32.2. The second kappa shape index (κ2) is 6.73. The number of carbonyl (C=O) groups excluding carboxylic acids is 1. The summed E-state index contributed by atoms with van der Waals surface area (Å²) in [4.78, 5) is 21.8. The van der Waals surface area contributed by atoms with Crippen molar-refractivity contribution in [2.24, 2.45) is 5.73 Å². The zero-order valence-corrected chi connectivity index (χ0v) is 12.8. The maximum atomic E-state index is 11.6. The van der Waals surface area contributed by atoms with Gasteiger partial charge in [0, 0.05) is 12.2 Å². The lowest BCUT2D eigenvalue weighted by atomic mass is 10.1. The van der Waals surface area contributed by atoms with Crippen LogP contribution in [0.2, 0.25) is 0 Å². The Morgan fingerprint density at radius 2 is 1.91 bits per heavy atom. The molecule has 0 fully saturated rings. The van der Waals surface area contributed by atoms with E-state index in [2.05, 4.69) is 10.6 Å². The van der Waals surface area contributed by atoms with Crippen molar-refractivity contribution in [2.75, 3.05) is 11.9 Å². The Morgan fingerprint density at radius 3 is 2.41 bits per heavy atom. The molecule has 10 heteroatoms. The number of nitrogens with one attached hydrogen (secondary N) is 2. The summed E-state index contributed by atoms with van der Waals surface area (Å²) in [7, 11) is -4.42. The molecule has 0 saturated carbocycles. The first-order chi connectivity index (χ1) is 10.0. The summed E-state index contributed by atoms with van der Waals surface area (Å²) >= 11 is 0. The largest absolute Gasteiger partial charge is 0.480 e. The van der Waals surface area contributed by atoms with Crippen LogP contribution in [0.25, 0.3) is 0 Å². The van der Waals surface area contributed by atoms with Gasteiger partial charge in [-0.2, -0.15) is 8.42 Å². The van der Waals surface area contributed by atoms with Crippen LogP contribution in [-0.4, -0.2) is 42.7 Å². The normalized spacial score (nSPS) is 12.5. The fourth-order valence-corrected chi connectivity index (χ4v) is 2.46. The van der Waals surface area contributed by atoms with E-state index in [1.807, 2.05) is 0 Å². The third kappa shape index (κ3) is 4.69. The van der Waals surface area contributed by atoms with Crippen LogP contribution >= 0.6 is 0 Å². The number of amides is 2. The highest BCUT2D eigenvalue weighted by Crippen LogP contribution is 2.23. The minimum atomic E-state index is -4.42. The molecular weight excluding hydrogens is 314 g/mol. The van der Waals surface area contributed by atoms with Gasteiger partial charge in [-0.15, -0.1) is 0 Å². The Balaban J connectivity index is 2.89. The Kier molecular flexibility index (Phi) is 5.47. The molecule has 0 aromatic heterocycles. The second-order valence-electron chi connectivity index (χ2n) is 4.67. The molecule has 0 aliphatic carbocycles. The predicted molar refractivity (Wildman–Crippen MR) is 78.4 cm³/mol. The third-order valence-corrected chi connectivity index (χ3v) is 3.94. The maximum absolute atomic E-state index is 11.6. The lowest BCUT2D eigenvalue weighted by Gasteiger charge is -2.13. The van der Waals surface area contributed by atoms with Gasteiger partial charge >= 0.3 is 12.0 Å². The standard InChI is InChI=1S/C12H17N3O6S/c1-6-3-8(4-10(7(6)2)22(19,20)21)15-12(18)14-5-9(13)11(16)17/h3-4,9H,5,13H2,1-2H3,(H,16,17)(H2,14,15,18)(H,19,20,21)/t9-/m0/s1. The average molecular weight is 331 g/mol. The van der Waals surface area contributed by atoms with E-state index in [9.17, 15) is 18.0 Å². The minimum absolute atomic E-state index is 0.136. The van der Waals surface area contributed by atoms with E-state index in [-0.39, 0.29) is 17.1 Å². The van der Waals surface area contributed by atoms with Gasteiger partial charge in [0.2, 0.25) is 0 Å². The lowest BCUT2D eigenvalue weighted by molar-refractivity contribution is -0.138. The van der Waals surface area contributed by atoms with Crippen molar-refractivity contribution in [3.8, 4) is 0 Å². The van der Waals surface area contributed by atoms with Crippen molar-refractivity contribution in [1.29, 1.82) is 0 Å². The topological polar surface area (TPSA) is 159 Å². The van der Waals surface area contributed by atoms with Crippen molar-refractivity contribution in [2.45, 2.75) is 24.8 Å². The van der Waals surface area contributed by atoms with Crippen LogP contribution in [0.15, 0.2) is 17.0 Å². The SMILES string of the molecule is Cc1cc(NC(=O)NC[C@H](N)C(=O)O)cc(S(=O)(=O)O)c1C. The number of aliphatic carboxylic acids is 1. The van der Waals surface area contributed by atoms with Gasteiger partial charge in [0.1, 0.15) is 6.04 Å². The second-order valence-corrected chi connectivity index (χ2v) is 6.06. The smallest absolute Gasteiger partial charge is 0.322 e. The Hall–Kier alpha value is -2.17. The summed E-state index contributed by atoms with van der Waals surface area (Å²) in [5, 5.41) is 13.2. The van der Waals surface area contributed by atoms with E-state index < -0.39 is 28.2 Å². The number of rotatable bonds is 5. The first-order valence-corrected chi connectivity index (χ1v) is 7.58. The van der Waals surface area contributed by atoms with Crippen molar-refractivity contribution in [3.63, 3.8) is 0 Å². The fraction of sp³-hybridized carbons (Fsp3) is 0.333. The van der Waals surface area contributed by atoms with E-state index in [1.54, 1.807) is 6.92 Å². The molecule has 1 atom stereocenters. The van der Waals surface area contributed by atoms with Gasteiger partial charge in [0.15, 0.2) is 0 Å². The minimum Gasteiger partial charge on any atom is -0.480 e. The van der Waals surface area contributed by atoms with E-state index in [0.717, 1.165) is 6.07 Å². The van der Waals surface area contributed by atoms with Gasteiger partial charge < -0.3 is 21.5 Å². The molecule has 9 nitrogen and oxygen atoms in total. The first kappa shape index (κ1) is 17.9. The molecule has 0 bridgehead atoms. The number of hydrogen-bond donors (Lipinski definition) is 5. The van der Waals surface area contributed by atoms with Crippen LogP contribution in [0.3, 0.4) is 0 Å². The van der Waals surface area contributed by atoms with Gasteiger partial charge in [0.05, 0.1) is 4.90 Å². The highest BCUT2D eigenvalue weighted by Gasteiger charge is 2.17. The number of carbonyl (C=O) groups is 2. The quantitative estimate of drug-likeness (QED) is 0.478. The van der Waals surface area contributed by atoms with E-state index in [0.29, 0.717) is 11.1 Å². The van der Waals surface area contributed by atoms with E-state index >= 15 is 0 Å². The molecule has 22 heavy (non-hydrogen) atoms. The predicted octanol–water partition coefficient (Wildman–Crippen LogP) is 0.0835. The van der Waals surface area contributed by atoms with Crippen molar-refractivity contribution in [1.82, 2.24) is 5.32 Å². The Morgan fingerprint density at radius 1 is 1.32 bits per heavy atom. The fourth-order valence-electron chi connectivity index (χ4n) is 1.63. The third-order valence-electron chi connectivity index (χ3n) is 2.96. The lowest BCUT2D eigenvalue weighted by Crippen LogP contribution is -2.43. The monoisotopic (exact) mass is 331 g/mol. The molecule has 0 saturated heterocycles. The Labute approximate surface area is 127 Å². The number of aryl methyl sites for hydroxylation is 1. The van der Waals surface area contributed by atoms with Crippen LogP contribution < -0.4 is 16.4 Å². The zero-order valence-electron chi connectivity index (χ0n) is 12.0. The molecular formula is C12H17N3O6S. The zero-order chi connectivity index (χ0) is 17.1. The molecule has 1 rings (SSSR count). The molecule has 0 spiro atoms. The summed E-state index contributed by atoms with van der Waals surface area (Å²) in [5.41, 5.74) is 6.28. The van der Waals surface area contributed by atoms with Crippen molar-refractivity contribution in [3.05, 3.63) is 23.3 Å². The molecule has 6 N–H and O–H groups in total. The summed E-state index contributed by atoms with van der Waals surface area (Å²) in [6, 6.07) is 0.620. The Bertz CT molecular complexity index is 701. The number of urea groups is 1. The van der Waals surface area contributed by atoms with Gasteiger partial charge in [-0.05, 0) is 37.1 Å². The van der Waals surface area contributed by atoms with Gasteiger partial charge in [0.25, 0.3) is 10.1 Å². The summed E-state index contributed by atoms with van der Waals surface area (Å²) < 4.78 is 31.7. The molecule has 0 aliphatic heterocycles. The molecule has 0 aliphatic rings. The van der Waals surface area contributed by atoms with E-state index in [1.165, 1.54) is 13.0 Å². The number of carboxylic acids is 1. The molecule has 0 radical (unpaired) electrons. The van der Waals surface area contributed by atoms with Crippen LogP contribution in [-0.2, 0) is 14.9 Å². The first-order valence-electron chi connectivity index (χ1n) is 6.14. The van der Waals surface area contributed by atoms with Crippen LogP contribution in [0.5, 0.6) is 0 Å². The molecule has 0 unspecified atom stereocenters. The maximum Gasteiger partial charge on any atom is 0.322 e. The van der Waals surface area contributed by atoms with Crippen molar-refractivity contribution < 1.29 is 27.7 Å². The van der Waals surface area contributed by atoms with Crippen LogP contribution in [0.1, 0.15) is 11.1 Å². The highest BCUT2D eigenvalue weighted by molar-refractivity contribution is 7.85. The number of anilines is 1. The van der Waals surface area contributed by atoms with Crippen molar-refractivity contribution >= 4 is 27.8 Å².